The molecular formula is C20H27N5O3. The van der Waals surface area contributed by atoms with Crippen LogP contribution in [0.2, 0.25) is 0 Å². The maximum Gasteiger partial charge on any atom is 0.324 e. The highest BCUT2D eigenvalue weighted by Gasteiger charge is 2.16. The number of aryl methyl sites for hydroxylation is 3. The van der Waals surface area contributed by atoms with Crippen molar-refractivity contribution in [2.24, 2.45) is 0 Å². The highest BCUT2D eigenvalue weighted by molar-refractivity contribution is 6.00. The van der Waals surface area contributed by atoms with Gasteiger partial charge in [0.15, 0.2) is 5.82 Å². The Balaban J connectivity index is 1.66. The van der Waals surface area contributed by atoms with Gasteiger partial charge in [-0.15, -0.1) is 0 Å². The van der Waals surface area contributed by atoms with Crippen LogP contribution < -0.4 is 20.7 Å². The van der Waals surface area contributed by atoms with E-state index in [0.29, 0.717) is 30.5 Å². The van der Waals surface area contributed by atoms with Gasteiger partial charge in [0.25, 0.3) is 0 Å². The maximum absolute atomic E-state index is 12.4. The third-order valence-electron chi connectivity index (χ3n) is 4.58. The van der Waals surface area contributed by atoms with Crippen molar-refractivity contribution in [1.82, 2.24) is 15.3 Å². The lowest BCUT2D eigenvalue weighted by Gasteiger charge is -2.24. The number of urea groups is 1. The molecule has 1 aliphatic rings. The van der Waals surface area contributed by atoms with E-state index in [9.17, 15) is 4.79 Å². The predicted octanol–water partition coefficient (Wildman–Crippen LogP) is 2.67. The number of ether oxygens (including phenoxy) is 2. The highest BCUT2D eigenvalue weighted by Crippen LogP contribution is 2.29. The first kappa shape index (κ1) is 20.0. The first-order valence-corrected chi connectivity index (χ1v) is 9.50. The Kier molecular flexibility index (Phi) is 6.78. The topological polar surface area (TPSA) is 97.4 Å². The number of anilines is 2. The molecule has 1 atom stereocenters. The molecule has 2 heterocycles. The quantitative estimate of drug-likeness (QED) is 0.707. The van der Waals surface area contributed by atoms with Crippen LogP contribution in [-0.4, -0.2) is 48.4 Å². The normalized spacial score (nSPS) is 16.5. The average Bonchev–Trinajstić information content (AvgIpc) is 2.71. The summed E-state index contributed by atoms with van der Waals surface area (Å²) < 4.78 is 11.6. The van der Waals surface area contributed by atoms with Crippen molar-refractivity contribution in [3.63, 3.8) is 0 Å². The summed E-state index contributed by atoms with van der Waals surface area (Å²) >= 11 is 0. The number of hydrogen-bond donors (Lipinski definition) is 3. The number of hydrogen-bond acceptors (Lipinski definition) is 6. The summed E-state index contributed by atoms with van der Waals surface area (Å²) in [6.45, 7) is 8.69. The van der Waals surface area contributed by atoms with Crippen LogP contribution in [0.15, 0.2) is 24.5 Å². The van der Waals surface area contributed by atoms with E-state index in [1.165, 1.54) is 0 Å². The second kappa shape index (κ2) is 9.48. The molecule has 0 spiro atoms. The Labute approximate surface area is 165 Å². The molecule has 2 amide bonds. The molecule has 1 unspecified atom stereocenters. The van der Waals surface area contributed by atoms with Gasteiger partial charge in [0.2, 0.25) is 0 Å². The molecule has 3 N–H and O–H groups in total. The number of amides is 2. The Hall–Kier alpha value is -2.71. The number of carbonyl (C=O) groups is 1. The second-order valence-electron chi connectivity index (χ2n) is 6.77. The average molecular weight is 385 g/mol. The van der Waals surface area contributed by atoms with Crippen LogP contribution in [0, 0.1) is 13.8 Å². The zero-order valence-electron chi connectivity index (χ0n) is 16.5. The molecule has 0 saturated carbocycles. The van der Waals surface area contributed by atoms with E-state index in [1.54, 1.807) is 12.4 Å². The standard InChI is InChI=1S/C20H27N5O3/c1-4-15-9-23-19(11-22-15)25-20(26)24-17-7-13(2)14(3)8-18(17)28-12-16-10-21-5-6-27-16/h7-9,11,16,21H,4-6,10,12H2,1-3H3,(H2,23,24,25,26). The van der Waals surface area contributed by atoms with Gasteiger partial charge in [-0.25, -0.2) is 9.78 Å². The van der Waals surface area contributed by atoms with Gasteiger partial charge in [-0.2, -0.15) is 0 Å². The fraction of sp³-hybridized carbons (Fsp3) is 0.450. The lowest BCUT2D eigenvalue weighted by atomic mass is 10.1. The Morgan fingerprint density at radius 3 is 2.75 bits per heavy atom. The van der Waals surface area contributed by atoms with E-state index in [2.05, 4.69) is 25.9 Å². The number of nitrogens with one attached hydrogen (secondary N) is 3. The summed E-state index contributed by atoms with van der Waals surface area (Å²) in [4.78, 5) is 20.8. The van der Waals surface area contributed by atoms with E-state index in [-0.39, 0.29) is 6.10 Å². The molecule has 0 radical (unpaired) electrons. The fourth-order valence-corrected chi connectivity index (χ4v) is 2.79. The third-order valence-corrected chi connectivity index (χ3v) is 4.58. The lowest BCUT2D eigenvalue weighted by Crippen LogP contribution is -2.41. The Morgan fingerprint density at radius 2 is 2.07 bits per heavy atom. The Morgan fingerprint density at radius 1 is 1.25 bits per heavy atom. The summed E-state index contributed by atoms with van der Waals surface area (Å²) in [5.74, 6) is 1.00. The first-order chi connectivity index (χ1) is 13.5. The number of carbonyl (C=O) groups excluding carboxylic acids is 1. The largest absolute Gasteiger partial charge is 0.489 e. The van der Waals surface area contributed by atoms with E-state index < -0.39 is 6.03 Å². The molecule has 2 aromatic rings. The minimum absolute atomic E-state index is 0.00982. The molecule has 0 aliphatic carbocycles. The minimum atomic E-state index is -0.401. The van der Waals surface area contributed by atoms with Crippen LogP contribution >= 0.6 is 0 Å². The predicted molar refractivity (Wildman–Crippen MR) is 108 cm³/mol. The van der Waals surface area contributed by atoms with E-state index >= 15 is 0 Å². The molecule has 1 fully saturated rings. The van der Waals surface area contributed by atoms with Crippen molar-refractivity contribution < 1.29 is 14.3 Å². The molecular weight excluding hydrogens is 358 g/mol. The van der Waals surface area contributed by atoms with E-state index in [1.807, 2.05) is 32.9 Å². The van der Waals surface area contributed by atoms with Gasteiger partial charge in [-0.05, 0) is 43.5 Å². The molecule has 8 nitrogen and oxygen atoms in total. The van der Waals surface area contributed by atoms with Crippen LogP contribution in [0.1, 0.15) is 23.7 Å². The summed E-state index contributed by atoms with van der Waals surface area (Å²) in [7, 11) is 0. The first-order valence-electron chi connectivity index (χ1n) is 9.50. The number of morpholine rings is 1. The van der Waals surface area contributed by atoms with Gasteiger partial charge in [0.05, 0.1) is 30.4 Å². The molecule has 1 aliphatic heterocycles. The SMILES string of the molecule is CCc1cnc(NC(=O)Nc2cc(C)c(C)cc2OCC2CNCCO2)cn1. The van der Waals surface area contributed by atoms with Crippen LogP contribution in [0.4, 0.5) is 16.3 Å². The number of rotatable bonds is 6. The summed E-state index contributed by atoms with van der Waals surface area (Å²) in [6, 6.07) is 3.43. The number of nitrogens with zero attached hydrogens (tertiary/aromatic N) is 2. The van der Waals surface area contributed by atoms with Crippen LogP contribution in [-0.2, 0) is 11.2 Å². The van der Waals surface area contributed by atoms with Crippen molar-refractivity contribution in [3.05, 3.63) is 41.3 Å². The van der Waals surface area contributed by atoms with Gasteiger partial charge in [0.1, 0.15) is 18.5 Å². The summed E-state index contributed by atoms with van der Waals surface area (Å²) in [5, 5.41) is 8.81. The molecule has 8 heteroatoms. The fourth-order valence-electron chi connectivity index (χ4n) is 2.79. The van der Waals surface area contributed by atoms with Crippen molar-refractivity contribution in [1.29, 1.82) is 0 Å². The zero-order chi connectivity index (χ0) is 19.9. The van der Waals surface area contributed by atoms with E-state index in [0.717, 1.165) is 36.3 Å². The number of aromatic nitrogens is 2. The van der Waals surface area contributed by atoms with Gasteiger partial charge in [-0.3, -0.25) is 10.3 Å². The van der Waals surface area contributed by atoms with Crippen molar-refractivity contribution in [2.75, 3.05) is 36.9 Å². The van der Waals surface area contributed by atoms with Crippen LogP contribution in [0.5, 0.6) is 5.75 Å². The molecule has 1 saturated heterocycles. The zero-order valence-corrected chi connectivity index (χ0v) is 16.5. The monoisotopic (exact) mass is 385 g/mol. The molecule has 28 heavy (non-hydrogen) atoms. The molecule has 150 valence electrons. The van der Waals surface area contributed by atoms with Crippen LogP contribution in [0.25, 0.3) is 0 Å². The van der Waals surface area contributed by atoms with Gasteiger partial charge in [0, 0.05) is 13.1 Å². The van der Waals surface area contributed by atoms with Crippen molar-refractivity contribution >= 4 is 17.5 Å². The second-order valence-corrected chi connectivity index (χ2v) is 6.77. The van der Waals surface area contributed by atoms with Gasteiger partial charge in [-0.1, -0.05) is 6.92 Å². The molecule has 1 aromatic carbocycles. The smallest absolute Gasteiger partial charge is 0.324 e. The summed E-state index contributed by atoms with van der Waals surface area (Å²) in [5.41, 5.74) is 3.62. The van der Waals surface area contributed by atoms with Gasteiger partial charge >= 0.3 is 6.03 Å². The minimum Gasteiger partial charge on any atom is -0.489 e. The van der Waals surface area contributed by atoms with Crippen molar-refractivity contribution in [2.45, 2.75) is 33.3 Å². The lowest BCUT2D eigenvalue weighted by molar-refractivity contribution is 0.000339. The highest BCUT2D eigenvalue weighted by atomic mass is 16.5. The Bertz CT molecular complexity index is 804. The van der Waals surface area contributed by atoms with Gasteiger partial charge < -0.3 is 20.1 Å². The van der Waals surface area contributed by atoms with Crippen LogP contribution in [0.3, 0.4) is 0 Å². The van der Waals surface area contributed by atoms with Crippen molar-refractivity contribution in [3.8, 4) is 5.75 Å². The van der Waals surface area contributed by atoms with E-state index in [4.69, 9.17) is 9.47 Å². The molecule has 0 bridgehead atoms. The number of benzene rings is 1. The third kappa shape index (κ3) is 5.40. The molecule has 3 rings (SSSR count). The molecule has 1 aromatic heterocycles. The summed E-state index contributed by atoms with van der Waals surface area (Å²) in [6.07, 6.45) is 3.98. The maximum atomic E-state index is 12.4.